The van der Waals surface area contributed by atoms with Gasteiger partial charge in [0, 0.05) is 12.7 Å². The summed E-state index contributed by atoms with van der Waals surface area (Å²) in [4.78, 5) is 14.8. The smallest absolute Gasteiger partial charge is 0.307 e. The van der Waals surface area contributed by atoms with Gasteiger partial charge in [-0.25, -0.2) is 4.98 Å². The standard InChI is InChI=1S/C10H10ClN3O2/c1-16-8(15)3-5-14-10-9(11)7(6-12)2-4-13-10/h2,4H,3,5H2,1H3,(H,13,14). The minimum absolute atomic E-state index is 0.214. The van der Waals surface area contributed by atoms with Crippen LogP contribution in [-0.4, -0.2) is 24.6 Å². The summed E-state index contributed by atoms with van der Waals surface area (Å²) in [5, 5.41) is 11.8. The predicted octanol–water partition coefficient (Wildman–Crippen LogP) is 1.58. The molecule has 84 valence electrons. The number of anilines is 1. The summed E-state index contributed by atoms with van der Waals surface area (Å²) in [5.74, 6) is 0.0738. The monoisotopic (exact) mass is 239 g/mol. The van der Waals surface area contributed by atoms with E-state index in [9.17, 15) is 4.79 Å². The lowest BCUT2D eigenvalue weighted by Crippen LogP contribution is -2.10. The number of aromatic nitrogens is 1. The number of halogens is 1. The fraction of sp³-hybridized carbons (Fsp3) is 0.300. The Morgan fingerprint density at radius 3 is 3.12 bits per heavy atom. The highest BCUT2D eigenvalue weighted by atomic mass is 35.5. The molecular formula is C10H10ClN3O2. The molecule has 0 aromatic carbocycles. The van der Waals surface area contributed by atoms with Crippen molar-refractivity contribution in [1.29, 1.82) is 5.26 Å². The topological polar surface area (TPSA) is 75.0 Å². The quantitative estimate of drug-likeness (QED) is 0.808. The maximum absolute atomic E-state index is 10.8. The normalized spacial score (nSPS) is 9.31. The average Bonchev–Trinajstić information content (AvgIpc) is 2.31. The maximum atomic E-state index is 10.8. The minimum atomic E-state index is -0.319. The highest BCUT2D eigenvalue weighted by Crippen LogP contribution is 2.22. The third-order valence-corrected chi connectivity index (χ3v) is 2.24. The number of hydrogen-bond donors (Lipinski definition) is 1. The molecule has 0 amide bonds. The van der Waals surface area contributed by atoms with E-state index in [-0.39, 0.29) is 17.4 Å². The molecular weight excluding hydrogens is 230 g/mol. The highest BCUT2D eigenvalue weighted by Gasteiger charge is 2.07. The van der Waals surface area contributed by atoms with Gasteiger partial charge in [-0.15, -0.1) is 0 Å². The van der Waals surface area contributed by atoms with Crippen LogP contribution in [0.1, 0.15) is 12.0 Å². The van der Waals surface area contributed by atoms with E-state index in [2.05, 4.69) is 15.0 Å². The van der Waals surface area contributed by atoms with Crippen molar-refractivity contribution >= 4 is 23.4 Å². The molecule has 1 aromatic rings. The van der Waals surface area contributed by atoms with Crippen LogP contribution >= 0.6 is 11.6 Å². The Bertz CT molecular complexity index is 429. The molecule has 1 N–H and O–H groups in total. The van der Waals surface area contributed by atoms with E-state index < -0.39 is 0 Å². The van der Waals surface area contributed by atoms with E-state index in [0.29, 0.717) is 17.9 Å². The van der Waals surface area contributed by atoms with Crippen molar-refractivity contribution in [3.63, 3.8) is 0 Å². The van der Waals surface area contributed by atoms with E-state index in [4.69, 9.17) is 16.9 Å². The van der Waals surface area contributed by atoms with E-state index >= 15 is 0 Å². The Kier molecular flexibility index (Phi) is 4.55. The second-order valence-corrected chi connectivity index (χ2v) is 3.26. The molecule has 0 aliphatic heterocycles. The fourth-order valence-electron chi connectivity index (χ4n) is 1.04. The molecule has 1 rings (SSSR count). The molecule has 0 spiro atoms. The fourth-order valence-corrected chi connectivity index (χ4v) is 1.26. The second-order valence-electron chi connectivity index (χ2n) is 2.89. The van der Waals surface area contributed by atoms with Crippen molar-refractivity contribution in [3.8, 4) is 6.07 Å². The zero-order valence-corrected chi connectivity index (χ0v) is 9.41. The van der Waals surface area contributed by atoms with E-state index in [1.165, 1.54) is 19.4 Å². The van der Waals surface area contributed by atoms with Gasteiger partial charge < -0.3 is 10.1 Å². The highest BCUT2D eigenvalue weighted by molar-refractivity contribution is 6.34. The molecule has 0 aliphatic rings. The molecule has 0 bridgehead atoms. The summed E-state index contributed by atoms with van der Waals surface area (Å²) in [6.45, 7) is 0.355. The first-order valence-electron chi connectivity index (χ1n) is 4.54. The number of ether oxygens (including phenoxy) is 1. The Morgan fingerprint density at radius 2 is 2.50 bits per heavy atom. The lowest BCUT2D eigenvalue weighted by atomic mass is 10.3. The first-order valence-corrected chi connectivity index (χ1v) is 4.92. The zero-order chi connectivity index (χ0) is 12.0. The van der Waals surface area contributed by atoms with Crippen LogP contribution in [0, 0.1) is 11.3 Å². The Morgan fingerprint density at radius 1 is 1.75 bits per heavy atom. The van der Waals surface area contributed by atoms with E-state index in [1.807, 2.05) is 6.07 Å². The molecule has 1 heterocycles. The number of nitriles is 1. The number of rotatable bonds is 4. The van der Waals surface area contributed by atoms with Crippen molar-refractivity contribution in [3.05, 3.63) is 22.8 Å². The Balaban J connectivity index is 2.61. The van der Waals surface area contributed by atoms with Crippen LogP contribution in [0.4, 0.5) is 5.82 Å². The number of carbonyl (C=O) groups excluding carboxylic acids is 1. The number of pyridine rings is 1. The van der Waals surface area contributed by atoms with Crippen LogP contribution < -0.4 is 5.32 Å². The van der Waals surface area contributed by atoms with Gasteiger partial charge >= 0.3 is 5.97 Å². The number of hydrogen-bond acceptors (Lipinski definition) is 5. The molecule has 0 fully saturated rings. The average molecular weight is 240 g/mol. The number of carbonyl (C=O) groups is 1. The Hall–Kier alpha value is -1.80. The third-order valence-electron chi connectivity index (χ3n) is 1.86. The van der Waals surface area contributed by atoms with Gasteiger partial charge in [0.1, 0.15) is 16.9 Å². The summed E-state index contributed by atoms with van der Waals surface area (Å²) in [6, 6.07) is 3.46. The van der Waals surface area contributed by atoms with Crippen molar-refractivity contribution in [2.45, 2.75) is 6.42 Å². The summed E-state index contributed by atoms with van der Waals surface area (Å²) >= 11 is 5.89. The number of esters is 1. The van der Waals surface area contributed by atoms with Gasteiger partial charge in [-0.3, -0.25) is 4.79 Å². The SMILES string of the molecule is COC(=O)CCNc1nccc(C#N)c1Cl. The van der Waals surface area contributed by atoms with E-state index in [1.54, 1.807) is 0 Å². The zero-order valence-electron chi connectivity index (χ0n) is 8.66. The summed E-state index contributed by atoms with van der Waals surface area (Å²) in [6.07, 6.45) is 1.69. The number of nitrogens with one attached hydrogen (secondary N) is 1. The largest absolute Gasteiger partial charge is 0.469 e. The number of methoxy groups -OCH3 is 1. The lowest BCUT2D eigenvalue weighted by Gasteiger charge is -2.06. The lowest BCUT2D eigenvalue weighted by molar-refractivity contribution is -0.140. The molecule has 6 heteroatoms. The van der Waals surface area contributed by atoms with Crippen LogP contribution in [0.5, 0.6) is 0 Å². The predicted molar refractivity (Wildman–Crippen MR) is 59.1 cm³/mol. The maximum Gasteiger partial charge on any atom is 0.307 e. The molecule has 0 saturated carbocycles. The van der Waals surface area contributed by atoms with Gasteiger partial charge in [-0.05, 0) is 6.07 Å². The number of nitrogens with zero attached hydrogens (tertiary/aromatic N) is 2. The van der Waals surface area contributed by atoms with Crippen molar-refractivity contribution in [2.24, 2.45) is 0 Å². The van der Waals surface area contributed by atoms with Crippen molar-refractivity contribution in [2.75, 3.05) is 19.0 Å². The molecule has 0 radical (unpaired) electrons. The second kappa shape index (κ2) is 5.93. The third kappa shape index (κ3) is 3.11. The summed E-state index contributed by atoms with van der Waals surface area (Å²) < 4.78 is 4.48. The molecule has 0 unspecified atom stereocenters. The van der Waals surface area contributed by atoms with Crippen LogP contribution in [0.3, 0.4) is 0 Å². The first-order chi connectivity index (χ1) is 7.69. The molecule has 0 aliphatic carbocycles. The van der Waals surface area contributed by atoms with Crippen LogP contribution in [-0.2, 0) is 9.53 Å². The van der Waals surface area contributed by atoms with Crippen LogP contribution in [0.2, 0.25) is 5.02 Å². The molecule has 0 atom stereocenters. The summed E-state index contributed by atoms with van der Waals surface area (Å²) in [7, 11) is 1.32. The van der Waals surface area contributed by atoms with Crippen LogP contribution in [0.15, 0.2) is 12.3 Å². The molecule has 5 nitrogen and oxygen atoms in total. The first kappa shape index (κ1) is 12.3. The van der Waals surface area contributed by atoms with Gasteiger partial charge in [0.2, 0.25) is 0 Å². The van der Waals surface area contributed by atoms with Gasteiger partial charge in [-0.2, -0.15) is 5.26 Å². The van der Waals surface area contributed by atoms with Gasteiger partial charge in [0.25, 0.3) is 0 Å². The van der Waals surface area contributed by atoms with Gasteiger partial charge in [-0.1, -0.05) is 11.6 Å². The molecule has 0 saturated heterocycles. The molecule has 1 aromatic heterocycles. The minimum Gasteiger partial charge on any atom is -0.469 e. The van der Waals surface area contributed by atoms with Crippen molar-refractivity contribution in [1.82, 2.24) is 4.98 Å². The van der Waals surface area contributed by atoms with Gasteiger partial charge in [0.05, 0.1) is 19.1 Å². The van der Waals surface area contributed by atoms with Crippen molar-refractivity contribution < 1.29 is 9.53 Å². The molecule has 16 heavy (non-hydrogen) atoms. The van der Waals surface area contributed by atoms with E-state index in [0.717, 1.165) is 0 Å². The Labute approximate surface area is 98.0 Å². The van der Waals surface area contributed by atoms with Crippen LogP contribution in [0.25, 0.3) is 0 Å². The summed E-state index contributed by atoms with van der Waals surface area (Å²) in [5.41, 5.74) is 0.345. The van der Waals surface area contributed by atoms with Gasteiger partial charge in [0.15, 0.2) is 0 Å².